The number of nitrogens with zero attached hydrogens (tertiary/aromatic N) is 1. The van der Waals surface area contributed by atoms with E-state index >= 15 is 0 Å². The highest BCUT2D eigenvalue weighted by atomic mass is 16.6. The Bertz CT molecular complexity index is 217. The van der Waals surface area contributed by atoms with Gasteiger partial charge in [0.15, 0.2) is 0 Å². The lowest BCUT2D eigenvalue weighted by atomic mass is 9.86. The Hall–Kier alpha value is -0.970. The smallest absolute Gasteiger partial charge is 0.138 e. The van der Waals surface area contributed by atoms with Crippen molar-refractivity contribution < 1.29 is 4.84 Å². The van der Waals surface area contributed by atoms with Crippen LogP contribution in [-0.4, -0.2) is 11.8 Å². The lowest BCUT2D eigenvalue weighted by molar-refractivity contribution is 0.00831. The van der Waals surface area contributed by atoms with Gasteiger partial charge in [0.1, 0.15) is 11.8 Å². The van der Waals surface area contributed by atoms with Crippen LogP contribution in [-0.2, 0) is 4.84 Å². The maximum atomic E-state index is 5.18. The van der Waals surface area contributed by atoms with Crippen molar-refractivity contribution in [3.8, 4) is 12.3 Å². The molecule has 0 aromatic heterocycles. The summed E-state index contributed by atoms with van der Waals surface area (Å²) in [5, 5.41) is 3.78. The normalized spacial score (nSPS) is 23.8. The summed E-state index contributed by atoms with van der Waals surface area (Å²) in [6, 6.07) is 0. The fourth-order valence-corrected chi connectivity index (χ4v) is 0.927. The Morgan fingerprint density at radius 1 is 1.64 bits per heavy atom. The molecule has 0 spiro atoms. The van der Waals surface area contributed by atoms with E-state index in [-0.39, 0.29) is 11.5 Å². The van der Waals surface area contributed by atoms with Crippen molar-refractivity contribution in [3.63, 3.8) is 0 Å². The van der Waals surface area contributed by atoms with Crippen molar-refractivity contribution in [2.45, 2.75) is 33.3 Å². The molecule has 0 amide bonds. The van der Waals surface area contributed by atoms with Crippen LogP contribution >= 0.6 is 0 Å². The van der Waals surface area contributed by atoms with Gasteiger partial charge >= 0.3 is 0 Å². The van der Waals surface area contributed by atoms with Crippen molar-refractivity contribution in [1.29, 1.82) is 0 Å². The zero-order chi connectivity index (χ0) is 8.48. The summed E-state index contributed by atoms with van der Waals surface area (Å²) in [7, 11) is 0. The fourth-order valence-electron chi connectivity index (χ4n) is 0.927. The molecule has 0 N–H and O–H groups in total. The molecule has 0 bridgehead atoms. The first-order chi connectivity index (χ1) is 5.04. The molecular weight excluding hydrogens is 138 g/mol. The van der Waals surface area contributed by atoms with E-state index in [1.54, 1.807) is 0 Å². The van der Waals surface area contributed by atoms with Crippen LogP contribution in [0.5, 0.6) is 0 Å². The number of terminal acetylenes is 1. The molecule has 0 saturated heterocycles. The molecule has 1 unspecified atom stereocenters. The largest absolute Gasteiger partial charge is 0.391 e. The van der Waals surface area contributed by atoms with Gasteiger partial charge in [-0.1, -0.05) is 31.8 Å². The maximum absolute atomic E-state index is 5.18. The summed E-state index contributed by atoms with van der Waals surface area (Å²) < 4.78 is 0. The lowest BCUT2D eigenvalue weighted by Gasteiger charge is -2.23. The highest BCUT2D eigenvalue weighted by Crippen LogP contribution is 2.28. The molecule has 0 aliphatic carbocycles. The molecule has 1 rings (SSSR count). The molecule has 60 valence electrons. The molecule has 0 aromatic carbocycles. The third kappa shape index (κ3) is 1.74. The molecule has 0 aromatic rings. The average molecular weight is 151 g/mol. The topological polar surface area (TPSA) is 21.6 Å². The second kappa shape index (κ2) is 2.58. The lowest BCUT2D eigenvalue weighted by Crippen LogP contribution is -2.25. The predicted octanol–water partition coefficient (Wildman–Crippen LogP) is 1.81. The van der Waals surface area contributed by atoms with Gasteiger partial charge < -0.3 is 4.84 Å². The summed E-state index contributed by atoms with van der Waals surface area (Å²) >= 11 is 0. The quantitative estimate of drug-likeness (QED) is 0.484. The zero-order valence-electron chi connectivity index (χ0n) is 7.22. The second-order valence-corrected chi connectivity index (χ2v) is 3.85. The maximum Gasteiger partial charge on any atom is 0.138 e. The van der Waals surface area contributed by atoms with E-state index in [0.29, 0.717) is 0 Å². The van der Waals surface area contributed by atoms with Gasteiger partial charge in [0.25, 0.3) is 0 Å². The fraction of sp³-hybridized carbons (Fsp3) is 0.667. The van der Waals surface area contributed by atoms with E-state index < -0.39 is 0 Å². The van der Waals surface area contributed by atoms with E-state index in [1.165, 1.54) is 0 Å². The van der Waals surface area contributed by atoms with Gasteiger partial charge in [-0.3, -0.25) is 0 Å². The molecule has 11 heavy (non-hydrogen) atoms. The number of rotatable bonds is 0. The van der Waals surface area contributed by atoms with Crippen molar-refractivity contribution >= 4 is 5.71 Å². The van der Waals surface area contributed by atoms with Crippen molar-refractivity contribution in [3.05, 3.63) is 0 Å². The van der Waals surface area contributed by atoms with Gasteiger partial charge in [-0.25, -0.2) is 0 Å². The first-order valence-corrected chi connectivity index (χ1v) is 3.73. The van der Waals surface area contributed by atoms with Crippen LogP contribution < -0.4 is 0 Å². The van der Waals surface area contributed by atoms with E-state index in [1.807, 2.05) is 0 Å². The molecular formula is C9H13NO. The third-order valence-electron chi connectivity index (χ3n) is 1.80. The van der Waals surface area contributed by atoms with E-state index in [9.17, 15) is 0 Å². The summed E-state index contributed by atoms with van der Waals surface area (Å²) in [5.74, 6) is 2.49. The van der Waals surface area contributed by atoms with E-state index in [2.05, 4.69) is 31.8 Å². The Morgan fingerprint density at radius 2 is 2.27 bits per heavy atom. The SMILES string of the molecule is C#CC1=NOC(C(C)(C)C)C1. The highest BCUT2D eigenvalue weighted by molar-refractivity contribution is 6.00. The molecule has 1 aliphatic rings. The van der Waals surface area contributed by atoms with E-state index in [0.717, 1.165) is 12.1 Å². The molecule has 1 aliphatic heterocycles. The van der Waals surface area contributed by atoms with Crippen LogP contribution in [0.25, 0.3) is 0 Å². The van der Waals surface area contributed by atoms with E-state index in [4.69, 9.17) is 11.3 Å². The predicted molar refractivity (Wildman–Crippen MR) is 45.2 cm³/mol. The first kappa shape index (κ1) is 8.13. The van der Waals surface area contributed by atoms with Crippen LogP contribution in [0, 0.1) is 17.8 Å². The number of hydrogen-bond acceptors (Lipinski definition) is 2. The van der Waals surface area contributed by atoms with Crippen molar-refractivity contribution in [2.75, 3.05) is 0 Å². The summed E-state index contributed by atoms with van der Waals surface area (Å²) in [6.45, 7) is 6.35. The van der Waals surface area contributed by atoms with Crippen LogP contribution in [0.3, 0.4) is 0 Å². The molecule has 2 nitrogen and oxygen atoms in total. The minimum Gasteiger partial charge on any atom is -0.391 e. The minimum absolute atomic E-state index is 0.127. The van der Waals surface area contributed by atoms with Gasteiger partial charge in [0, 0.05) is 11.8 Å². The third-order valence-corrected chi connectivity index (χ3v) is 1.80. The average Bonchev–Trinajstić information content (AvgIpc) is 2.32. The van der Waals surface area contributed by atoms with Gasteiger partial charge in [-0.2, -0.15) is 0 Å². The van der Waals surface area contributed by atoms with Gasteiger partial charge in [0.05, 0.1) is 0 Å². The Labute approximate surface area is 67.6 Å². The Balaban J connectivity index is 2.56. The van der Waals surface area contributed by atoms with Crippen LogP contribution in [0.2, 0.25) is 0 Å². The summed E-state index contributed by atoms with van der Waals surface area (Å²) in [6.07, 6.45) is 6.10. The molecule has 1 heterocycles. The van der Waals surface area contributed by atoms with Gasteiger partial charge in [-0.05, 0) is 0 Å². The molecule has 1 atom stereocenters. The number of hydrogen-bond donors (Lipinski definition) is 0. The van der Waals surface area contributed by atoms with Crippen LogP contribution in [0.4, 0.5) is 0 Å². The first-order valence-electron chi connectivity index (χ1n) is 3.73. The zero-order valence-corrected chi connectivity index (χ0v) is 7.22. The highest BCUT2D eigenvalue weighted by Gasteiger charge is 2.31. The molecule has 0 fully saturated rings. The monoisotopic (exact) mass is 151 g/mol. The van der Waals surface area contributed by atoms with Crippen LogP contribution in [0.15, 0.2) is 5.16 Å². The van der Waals surface area contributed by atoms with Crippen molar-refractivity contribution in [2.24, 2.45) is 10.6 Å². The van der Waals surface area contributed by atoms with Gasteiger partial charge in [-0.15, -0.1) is 6.42 Å². The van der Waals surface area contributed by atoms with Crippen LogP contribution in [0.1, 0.15) is 27.2 Å². The van der Waals surface area contributed by atoms with Crippen molar-refractivity contribution in [1.82, 2.24) is 0 Å². The summed E-state index contributed by atoms with van der Waals surface area (Å²) in [5.41, 5.74) is 0.854. The second-order valence-electron chi connectivity index (χ2n) is 3.85. The molecule has 0 radical (unpaired) electrons. The molecule has 0 saturated carbocycles. The Morgan fingerprint density at radius 3 is 2.55 bits per heavy atom. The minimum atomic E-state index is 0.127. The number of oxime groups is 1. The standard InChI is InChI=1S/C9H13NO/c1-5-7-6-8(11-10-7)9(2,3)4/h1,8H,6H2,2-4H3. The van der Waals surface area contributed by atoms with Gasteiger partial charge in [0.2, 0.25) is 0 Å². The Kier molecular flexibility index (Phi) is 1.90. The molecule has 2 heteroatoms. The summed E-state index contributed by atoms with van der Waals surface area (Å²) in [4.78, 5) is 5.17.